The van der Waals surface area contributed by atoms with Gasteiger partial charge in [-0.25, -0.2) is 4.98 Å². The van der Waals surface area contributed by atoms with Gasteiger partial charge in [-0.15, -0.1) is 0 Å². The highest BCUT2D eigenvalue weighted by atomic mass is 16.5. The van der Waals surface area contributed by atoms with E-state index in [2.05, 4.69) is 28.1 Å². The Morgan fingerprint density at radius 3 is 2.91 bits per heavy atom. The number of ether oxygens (including phenoxy) is 1. The van der Waals surface area contributed by atoms with E-state index >= 15 is 0 Å². The van der Waals surface area contributed by atoms with Crippen LogP contribution < -0.4 is 9.64 Å². The van der Waals surface area contributed by atoms with Crippen LogP contribution in [-0.2, 0) is 6.42 Å². The van der Waals surface area contributed by atoms with E-state index < -0.39 is 0 Å². The molecule has 0 bridgehead atoms. The maximum absolute atomic E-state index is 9.21. The van der Waals surface area contributed by atoms with Crippen LogP contribution in [0.2, 0.25) is 0 Å². The predicted molar refractivity (Wildman–Crippen MR) is 90.8 cm³/mol. The lowest BCUT2D eigenvalue weighted by molar-refractivity contribution is 0.408. The standard InChI is InChI=1S/C19H21N3O/c1-14-9-10-19(21-17(14)13-20)22-11-5-7-16(22)12-15-6-3-4-8-18(15)23-2/h3-4,6,8-10,16H,5,7,11-12H2,1-2H3. The van der Waals surface area contributed by atoms with Gasteiger partial charge in [-0.3, -0.25) is 0 Å². The molecule has 0 N–H and O–H groups in total. The number of anilines is 1. The normalized spacial score (nSPS) is 17.1. The van der Waals surface area contributed by atoms with E-state index in [-0.39, 0.29) is 0 Å². The summed E-state index contributed by atoms with van der Waals surface area (Å²) in [5.41, 5.74) is 2.67. The van der Waals surface area contributed by atoms with Gasteiger partial charge < -0.3 is 9.64 Å². The Hall–Kier alpha value is -2.54. The number of methoxy groups -OCH3 is 1. The number of aromatic nitrogens is 1. The highest BCUT2D eigenvalue weighted by molar-refractivity contribution is 5.47. The smallest absolute Gasteiger partial charge is 0.145 e. The third-order valence-corrected chi connectivity index (χ3v) is 4.51. The zero-order chi connectivity index (χ0) is 16.2. The van der Waals surface area contributed by atoms with Crippen molar-refractivity contribution < 1.29 is 4.74 Å². The van der Waals surface area contributed by atoms with Crippen molar-refractivity contribution >= 4 is 5.82 Å². The Morgan fingerprint density at radius 1 is 1.30 bits per heavy atom. The average molecular weight is 307 g/mol. The number of nitriles is 1. The van der Waals surface area contributed by atoms with Crippen LogP contribution in [-0.4, -0.2) is 24.7 Å². The van der Waals surface area contributed by atoms with Crippen LogP contribution in [0, 0.1) is 18.3 Å². The van der Waals surface area contributed by atoms with Crippen LogP contribution in [0.15, 0.2) is 36.4 Å². The highest BCUT2D eigenvalue weighted by Crippen LogP contribution is 2.29. The summed E-state index contributed by atoms with van der Waals surface area (Å²) in [5.74, 6) is 1.85. The number of benzene rings is 1. The van der Waals surface area contributed by atoms with E-state index in [1.165, 1.54) is 5.56 Å². The van der Waals surface area contributed by atoms with Crippen LogP contribution in [0.1, 0.15) is 29.7 Å². The summed E-state index contributed by atoms with van der Waals surface area (Å²) in [5, 5.41) is 9.21. The SMILES string of the molecule is COc1ccccc1CC1CCCN1c1ccc(C)c(C#N)n1. The number of aryl methyl sites for hydroxylation is 1. The zero-order valence-electron chi connectivity index (χ0n) is 13.6. The highest BCUT2D eigenvalue weighted by Gasteiger charge is 2.27. The van der Waals surface area contributed by atoms with Gasteiger partial charge in [0, 0.05) is 12.6 Å². The molecule has 23 heavy (non-hydrogen) atoms. The summed E-state index contributed by atoms with van der Waals surface area (Å²) in [6.07, 6.45) is 3.22. The van der Waals surface area contributed by atoms with E-state index in [9.17, 15) is 5.26 Å². The summed E-state index contributed by atoms with van der Waals surface area (Å²) < 4.78 is 5.47. The third kappa shape index (κ3) is 3.14. The number of nitrogens with zero attached hydrogens (tertiary/aromatic N) is 3. The second-order valence-corrected chi connectivity index (χ2v) is 5.95. The molecule has 1 aliphatic heterocycles. The first-order valence-electron chi connectivity index (χ1n) is 7.99. The van der Waals surface area contributed by atoms with Crippen molar-refractivity contribution in [1.82, 2.24) is 4.98 Å². The lowest BCUT2D eigenvalue weighted by Crippen LogP contribution is -2.32. The van der Waals surface area contributed by atoms with Gasteiger partial charge in [0.2, 0.25) is 0 Å². The van der Waals surface area contributed by atoms with Gasteiger partial charge in [0.05, 0.1) is 7.11 Å². The molecule has 1 aliphatic rings. The minimum Gasteiger partial charge on any atom is -0.496 e. The van der Waals surface area contributed by atoms with Crippen molar-refractivity contribution in [3.63, 3.8) is 0 Å². The van der Waals surface area contributed by atoms with Gasteiger partial charge in [-0.2, -0.15) is 5.26 Å². The molecule has 0 aliphatic carbocycles. The molecule has 4 nitrogen and oxygen atoms in total. The van der Waals surface area contributed by atoms with Crippen molar-refractivity contribution in [2.75, 3.05) is 18.6 Å². The van der Waals surface area contributed by atoms with Crippen LogP contribution in [0.5, 0.6) is 5.75 Å². The fraction of sp³-hybridized carbons (Fsp3) is 0.368. The monoisotopic (exact) mass is 307 g/mol. The molecule has 0 radical (unpaired) electrons. The molecule has 2 aromatic rings. The molecule has 3 rings (SSSR count). The molecule has 1 atom stereocenters. The van der Waals surface area contributed by atoms with Gasteiger partial charge in [-0.1, -0.05) is 24.3 Å². The van der Waals surface area contributed by atoms with Crippen molar-refractivity contribution in [3.05, 3.63) is 53.2 Å². The number of hydrogen-bond acceptors (Lipinski definition) is 4. The Morgan fingerprint density at radius 2 is 2.13 bits per heavy atom. The van der Waals surface area contributed by atoms with E-state index in [1.54, 1.807) is 7.11 Å². The molecule has 2 heterocycles. The first-order chi connectivity index (χ1) is 11.2. The molecule has 118 valence electrons. The van der Waals surface area contributed by atoms with Gasteiger partial charge in [0.15, 0.2) is 0 Å². The molecule has 1 aromatic heterocycles. The largest absolute Gasteiger partial charge is 0.496 e. The van der Waals surface area contributed by atoms with Crippen LogP contribution in [0.3, 0.4) is 0 Å². The summed E-state index contributed by atoms with van der Waals surface area (Å²) in [6, 6.07) is 14.8. The van der Waals surface area contributed by atoms with Gasteiger partial charge in [0.25, 0.3) is 0 Å². The Balaban J connectivity index is 1.85. The number of para-hydroxylation sites is 1. The van der Waals surface area contributed by atoms with Crippen molar-refractivity contribution in [2.45, 2.75) is 32.2 Å². The van der Waals surface area contributed by atoms with Gasteiger partial charge >= 0.3 is 0 Å². The molecule has 4 heteroatoms. The average Bonchev–Trinajstić information content (AvgIpc) is 3.04. The number of hydrogen-bond donors (Lipinski definition) is 0. The summed E-state index contributed by atoms with van der Waals surface area (Å²) in [7, 11) is 1.71. The van der Waals surface area contributed by atoms with E-state index in [0.717, 1.165) is 42.9 Å². The Labute approximate surface area is 137 Å². The summed E-state index contributed by atoms with van der Waals surface area (Å²) in [6.45, 7) is 2.91. The summed E-state index contributed by atoms with van der Waals surface area (Å²) >= 11 is 0. The van der Waals surface area contributed by atoms with Crippen LogP contribution in [0.25, 0.3) is 0 Å². The molecule has 1 saturated heterocycles. The molecule has 0 saturated carbocycles. The minimum absolute atomic E-state index is 0.396. The maximum atomic E-state index is 9.21. The molecular formula is C19H21N3O. The van der Waals surface area contributed by atoms with Crippen molar-refractivity contribution in [1.29, 1.82) is 5.26 Å². The molecule has 1 unspecified atom stereocenters. The van der Waals surface area contributed by atoms with E-state index in [4.69, 9.17) is 4.74 Å². The maximum Gasteiger partial charge on any atom is 0.145 e. The second kappa shape index (κ2) is 6.70. The van der Waals surface area contributed by atoms with Crippen LogP contribution in [0.4, 0.5) is 5.82 Å². The molecule has 0 amide bonds. The Kier molecular flexibility index (Phi) is 4.47. The fourth-order valence-electron chi connectivity index (χ4n) is 3.27. The number of rotatable bonds is 4. The second-order valence-electron chi connectivity index (χ2n) is 5.95. The van der Waals surface area contributed by atoms with Crippen molar-refractivity contribution in [3.8, 4) is 11.8 Å². The fourth-order valence-corrected chi connectivity index (χ4v) is 3.27. The molecule has 1 fully saturated rings. The first-order valence-corrected chi connectivity index (χ1v) is 7.99. The van der Waals surface area contributed by atoms with Gasteiger partial charge in [0.1, 0.15) is 23.3 Å². The molecule has 1 aromatic carbocycles. The summed E-state index contributed by atoms with van der Waals surface area (Å²) in [4.78, 5) is 6.87. The quantitative estimate of drug-likeness (QED) is 0.867. The van der Waals surface area contributed by atoms with E-state index in [0.29, 0.717) is 11.7 Å². The van der Waals surface area contributed by atoms with Crippen molar-refractivity contribution in [2.24, 2.45) is 0 Å². The first kappa shape index (κ1) is 15.4. The number of pyridine rings is 1. The zero-order valence-corrected chi connectivity index (χ0v) is 13.6. The van der Waals surface area contributed by atoms with Gasteiger partial charge in [-0.05, 0) is 49.4 Å². The molecule has 0 spiro atoms. The Bertz CT molecular complexity index is 736. The minimum atomic E-state index is 0.396. The van der Waals surface area contributed by atoms with Crippen LogP contribution >= 0.6 is 0 Å². The lowest BCUT2D eigenvalue weighted by atomic mass is 10.0. The third-order valence-electron chi connectivity index (χ3n) is 4.51. The van der Waals surface area contributed by atoms with E-state index in [1.807, 2.05) is 31.2 Å². The molecular weight excluding hydrogens is 286 g/mol. The topological polar surface area (TPSA) is 49.1 Å². The predicted octanol–water partition coefficient (Wildman–Crippen LogP) is 3.48. The lowest BCUT2D eigenvalue weighted by Gasteiger charge is -2.26.